The first kappa shape index (κ1) is 28.4. The van der Waals surface area contributed by atoms with Gasteiger partial charge in [-0.25, -0.2) is 4.79 Å². The van der Waals surface area contributed by atoms with E-state index in [-0.39, 0.29) is 36.8 Å². The van der Waals surface area contributed by atoms with E-state index in [4.69, 9.17) is 5.11 Å². The van der Waals surface area contributed by atoms with E-state index in [2.05, 4.69) is 38.3 Å². The summed E-state index contributed by atoms with van der Waals surface area (Å²) in [6, 6.07) is 24.9. The lowest BCUT2D eigenvalue weighted by Crippen LogP contribution is -2.47. The van der Waals surface area contributed by atoms with Gasteiger partial charge in [-0.1, -0.05) is 107 Å². The standard InChI is InChI=1S/C31H37N3O4/c1-21(2)25-16-11-17-26(22(3)4)30(25)33-28(35)20-34(31(38)32-18-29(36)37)19-27(23-12-7-5-8-13-23)24-14-9-6-10-15-24/h5-17,21-22,27H,18-20H2,1-4H3,(H,32,38)(H,33,35)(H,36,37). The second-order valence-corrected chi connectivity index (χ2v) is 9.98. The van der Waals surface area contributed by atoms with Crippen molar-refractivity contribution in [3.05, 3.63) is 101 Å². The molecule has 0 saturated carbocycles. The number of para-hydroxylation sites is 1. The van der Waals surface area contributed by atoms with Crippen LogP contribution >= 0.6 is 0 Å². The minimum Gasteiger partial charge on any atom is -0.480 e. The predicted molar refractivity (Wildman–Crippen MR) is 151 cm³/mol. The Labute approximate surface area is 224 Å². The topological polar surface area (TPSA) is 98.7 Å². The number of carboxylic acids is 1. The summed E-state index contributed by atoms with van der Waals surface area (Å²) in [5.74, 6) is -1.32. The van der Waals surface area contributed by atoms with Crippen molar-refractivity contribution >= 4 is 23.6 Å². The highest BCUT2D eigenvalue weighted by Crippen LogP contribution is 2.32. The zero-order chi connectivity index (χ0) is 27.7. The molecule has 0 aromatic heterocycles. The summed E-state index contributed by atoms with van der Waals surface area (Å²) in [7, 11) is 0. The highest BCUT2D eigenvalue weighted by atomic mass is 16.4. The summed E-state index contributed by atoms with van der Waals surface area (Å²) in [5, 5.41) is 14.6. The molecule has 0 aliphatic carbocycles. The third-order valence-corrected chi connectivity index (χ3v) is 6.46. The van der Waals surface area contributed by atoms with Crippen molar-refractivity contribution in [2.24, 2.45) is 0 Å². The Morgan fingerprint density at radius 2 is 1.26 bits per heavy atom. The molecule has 0 saturated heterocycles. The van der Waals surface area contributed by atoms with Gasteiger partial charge in [0.2, 0.25) is 5.91 Å². The number of carboxylic acid groups (broad SMARTS) is 1. The molecule has 7 heteroatoms. The average Bonchev–Trinajstić information content (AvgIpc) is 2.90. The first-order valence-electron chi connectivity index (χ1n) is 12.9. The molecule has 3 amide bonds. The predicted octanol–water partition coefficient (Wildman–Crippen LogP) is 5.80. The smallest absolute Gasteiger partial charge is 0.323 e. The molecule has 0 atom stereocenters. The van der Waals surface area contributed by atoms with Crippen molar-refractivity contribution in [3.63, 3.8) is 0 Å². The van der Waals surface area contributed by atoms with E-state index in [1.54, 1.807) is 0 Å². The van der Waals surface area contributed by atoms with Crippen LogP contribution < -0.4 is 10.6 Å². The van der Waals surface area contributed by atoms with Gasteiger partial charge in [-0.15, -0.1) is 0 Å². The van der Waals surface area contributed by atoms with Crippen LogP contribution in [-0.4, -0.2) is 47.5 Å². The number of anilines is 1. The number of carbonyl (C=O) groups excluding carboxylic acids is 2. The maximum Gasteiger partial charge on any atom is 0.323 e. The van der Waals surface area contributed by atoms with Crippen molar-refractivity contribution in [1.29, 1.82) is 0 Å². The van der Waals surface area contributed by atoms with Gasteiger partial charge in [0.15, 0.2) is 0 Å². The molecule has 0 bridgehead atoms. The first-order valence-corrected chi connectivity index (χ1v) is 12.9. The molecular weight excluding hydrogens is 478 g/mol. The number of amides is 3. The maximum absolute atomic E-state index is 13.4. The Bertz CT molecular complexity index is 1160. The molecule has 0 aliphatic heterocycles. The summed E-state index contributed by atoms with van der Waals surface area (Å²) in [6.45, 7) is 7.72. The largest absolute Gasteiger partial charge is 0.480 e. The van der Waals surface area contributed by atoms with Crippen molar-refractivity contribution in [3.8, 4) is 0 Å². The third kappa shape index (κ3) is 7.68. The summed E-state index contributed by atoms with van der Waals surface area (Å²) in [6.07, 6.45) is 0. The van der Waals surface area contributed by atoms with Crippen molar-refractivity contribution in [1.82, 2.24) is 10.2 Å². The van der Waals surface area contributed by atoms with Crippen LogP contribution in [0.15, 0.2) is 78.9 Å². The van der Waals surface area contributed by atoms with Gasteiger partial charge in [0.1, 0.15) is 13.1 Å². The lowest BCUT2D eigenvalue weighted by Gasteiger charge is -2.28. The molecule has 0 fully saturated rings. The van der Waals surface area contributed by atoms with Crippen LogP contribution in [0.5, 0.6) is 0 Å². The van der Waals surface area contributed by atoms with Crippen LogP contribution in [0, 0.1) is 0 Å². The molecule has 3 aromatic carbocycles. The third-order valence-electron chi connectivity index (χ3n) is 6.46. The van der Waals surface area contributed by atoms with Crippen molar-refractivity contribution in [2.75, 3.05) is 25.0 Å². The highest BCUT2D eigenvalue weighted by molar-refractivity contribution is 5.96. The lowest BCUT2D eigenvalue weighted by molar-refractivity contribution is -0.135. The highest BCUT2D eigenvalue weighted by Gasteiger charge is 2.25. The molecule has 0 radical (unpaired) electrons. The van der Waals surface area contributed by atoms with E-state index in [1.807, 2.05) is 78.9 Å². The van der Waals surface area contributed by atoms with Gasteiger partial charge in [0.05, 0.1) is 0 Å². The number of hydrogen-bond donors (Lipinski definition) is 3. The number of urea groups is 1. The minimum absolute atomic E-state index is 0.190. The van der Waals surface area contributed by atoms with Gasteiger partial charge >= 0.3 is 12.0 Å². The van der Waals surface area contributed by atoms with Crippen LogP contribution in [0.1, 0.15) is 67.7 Å². The molecule has 3 rings (SSSR count). The van der Waals surface area contributed by atoms with Crippen molar-refractivity contribution < 1.29 is 19.5 Å². The molecule has 0 heterocycles. The normalized spacial score (nSPS) is 11.0. The zero-order valence-electron chi connectivity index (χ0n) is 22.5. The van der Waals surface area contributed by atoms with Crippen LogP contribution in [0.3, 0.4) is 0 Å². The molecule has 200 valence electrons. The van der Waals surface area contributed by atoms with E-state index < -0.39 is 18.5 Å². The van der Waals surface area contributed by atoms with Crippen LogP contribution in [-0.2, 0) is 9.59 Å². The van der Waals surface area contributed by atoms with E-state index in [0.29, 0.717) is 0 Å². The SMILES string of the molecule is CC(C)c1cccc(C(C)C)c1NC(=O)CN(CC(c1ccccc1)c1ccccc1)C(=O)NCC(=O)O. The van der Waals surface area contributed by atoms with Gasteiger partial charge in [0.25, 0.3) is 0 Å². The second-order valence-electron chi connectivity index (χ2n) is 9.98. The number of carbonyl (C=O) groups is 3. The monoisotopic (exact) mass is 515 g/mol. The fraction of sp³-hybridized carbons (Fsp3) is 0.323. The Morgan fingerprint density at radius 1 is 0.763 bits per heavy atom. The number of benzene rings is 3. The van der Waals surface area contributed by atoms with Gasteiger partial charge in [-0.05, 0) is 34.1 Å². The molecule has 0 spiro atoms. The summed E-state index contributed by atoms with van der Waals surface area (Å²) < 4.78 is 0. The molecule has 0 unspecified atom stereocenters. The average molecular weight is 516 g/mol. The number of aliphatic carboxylic acids is 1. The quantitative estimate of drug-likeness (QED) is 0.301. The molecule has 38 heavy (non-hydrogen) atoms. The van der Waals surface area contributed by atoms with Gasteiger partial charge in [0, 0.05) is 18.2 Å². The second kappa shape index (κ2) is 13.4. The molecule has 3 N–H and O–H groups in total. The fourth-order valence-corrected chi connectivity index (χ4v) is 4.52. The Morgan fingerprint density at radius 3 is 1.71 bits per heavy atom. The molecule has 3 aromatic rings. The summed E-state index contributed by atoms with van der Waals surface area (Å²) in [4.78, 5) is 39.1. The Hall–Kier alpha value is -4.13. The molecular formula is C31H37N3O4. The lowest BCUT2D eigenvalue weighted by atomic mass is 9.91. The first-order chi connectivity index (χ1) is 18.2. The van der Waals surface area contributed by atoms with Gasteiger partial charge in [-0.3, -0.25) is 9.59 Å². The minimum atomic E-state index is -1.15. The molecule has 7 nitrogen and oxygen atoms in total. The number of rotatable bonds is 11. The van der Waals surface area contributed by atoms with Gasteiger partial charge in [-0.2, -0.15) is 0 Å². The Kier molecular flexibility index (Phi) is 10.0. The van der Waals surface area contributed by atoms with E-state index in [9.17, 15) is 14.4 Å². The number of hydrogen-bond acceptors (Lipinski definition) is 3. The van der Waals surface area contributed by atoms with Crippen LogP contribution in [0.2, 0.25) is 0 Å². The van der Waals surface area contributed by atoms with E-state index >= 15 is 0 Å². The van der Waals surface area contributed by atoms with Crippen molar-refractivity contribution in [2.45, 2.75) is 45.4 Å². The summed E-state index contributed by atoms with van der Waals surface area (Å²) in [5.41, 5.74) is 4.80. The van der Waals surface area contributed by atoms with Gasteiger partial charge < -0.3 is 20.6 Å². The zero-order valence-corrected chi connectivity index (χ0v) is 22.5. The molecule has 0 aliphatic rings. The summed E-state index contributed by atoms with van der Waals surface area (Å²) >= 11 is 0. The van der Waals surface area contributed by atoms with E-state index in [0.717, 1.165) is 27.9 Å². The maximum atomic E-state index is 13.4. The fourth-order valence-electron chi connectivity index (χ4n) is 4.52. The number of nitrogens with one attached hydrogen (secondary N) is 2. The number of nitrogens with zero attached hydrogens (tertiary/aromatic N) is 1. The van der Waals surface area contributed by atoms with E-state index in [1.165, 1.54) is 4.90 Å². The Balaban J connectivity index is 1.92. The van der Waals surface area contributed by atoms with Crippen LogP contribution in [0.4, 0.5) is 10.5 Å². The van der Waals surface area contributed by atoms with Crippen LogP contribution in [0.25, 0.3) is 0 Å².